The molecule has 1 aliphatic rings. The van der Waals surface area contributed by atoms with Crippen LogP contribution in [0.4, 0.5) is 10.1 Å². The summed E-state index contributed by atoms with van der Waals surface area (Å²) in [4.78, 5) is 17.3. The van der Waals surface area contributed by atoms with Gasteiger partial charge in [-0.05, 0) is 42.7 Å². The van der Waals surface area contributed by atoms with Gasteiger partial charge in [0.25, 0.3) is 10.0 Å². The maximum absolute atomic E-state index is 13.3. The number of carbonyl (C=O) groups is 1. The van der Waals surface area contributed by atoms with Crippen molar-refractivity contribution in [2.45, 2.75) is 31.2 Å². The number of nitrogens with one attached hydrogen (secondary N) is 2. The maximum Gasteiger partial charge on any atom is 0.263 e. The Morgan fingerprint density at radius 1 is 1.25 bits per heavy atom. The van der Waals surface area contributed by atoms with E-state index < -0.39 is 27.8 Å². The van der Waals surface area contributed by atoms with Gasteiger partial charge < -0.3 is 5.32 Å². The Balaban J connectivity index is 1.91. The molecule has 9 heteroatoms. The zero-order chi connectivity index (χ0) is 20.5. The van der Waals surface area contributed by atoms with Gasteiger partial charge in [0.1, 0.15) is 17.7 Å². The number of aliphatic imine (C=N–C) groups is 1. The van der Waals surface area contributed by atoms with E-state index in [9.17, 15) is 17.6 Å². The van der Waals surface area contributed by atoms with E-state index in [1.807, 2.05) is 13.8 Å². The summed E-state index contributed by atoms with van der Waals surface area (Å²) in [6, 6.07) is 9.46. The highest BCUT2D eigenvalue weighted by Gasteiger charge is 2.32. The maximum atomic E-state index is 13.3. The zero-order valence-electron chi connectivity index (χ0n) is 15.2. The number of sulfonamides is 1. The lowest BCUT2D eigenvalue weighted by Gasteiger charge is -2.16. The predicted molar refractivity (Wildman–Crippen MR) is 107 cm³/mol. The van der Waals surface area contributed by atoms with Crippen LogP contribution in [0.25, 0.3) is 0 Å². The summed E-state index contributed by atoms with van der Waals surface area (Å²) in [5.41, 5.74) is 0.756. The van der Waals surface area contributed by atoms with Gasteiger partial charge in [-0.3, -0.25) is 14.5 Å². The molecule has 2 N–H and O–H groups in total. The molecule has 0 spiro atoms. The van der Waals surface area contributed by atoms with Crippen molar-refractivity contribution >= 4 is 39.1 Å². The summed E-state index contributed by atoms with van der Waals surface area (Å²) < 4.78 is 40.2. The molecule has 2 aromatic rings. The summed E-state index contributed by atoms with van der Waals surface area (Å²) in [6.07, 6.45) is 0.397. The quantitative estimate of drug-likeness (QED) is 0.770. The molecule has 0 saturated heterocycles. The molecule has 0 saturated carbocycles. The number of nitrogens with zero attached hydrogens (tertiary/aromatic N) is 1. The normalized spacial score (nSPS) is 17.2. The third-order valence-corrected chi connectivity index (χ3v) is 5.82. The van der Waals surface area contributed by atoms with Crippen molar-refractivity contribution in [1.29, 1.82) is 0 Å². The van der Waals surface area contributed by atoms with E-state index in [1.54, 1.807) is 18.2 Å². The second-order valence-electron chi connectivity index (χ2n) is 6.84. The fourth-order valence-electron chi connectivity index (χ4n) is 2.85. The summed E-state index contributed by atoms with van der Waals surface area (Å²) in [6.45, 7) is 3.87. The molecule has 1 heterocycles. The van der Waals surface area contributed by atoms with Crippen LogP contribution in [-0.4, -0.2) is 26.2 Å². The van der Waals surface area contributed by atoms with Crippen LogP contribution in [0.5, 0.6) is 0 Å². The van der Waals surface area contributed by atoms with E-state index >= 15 is 0 Å². The van der Waals surface area contributed by atoms with Crippen molar-refractivity contribution in [3.63, 3.8) is 0 Å². The number of halogens is 2. The van der Waals surface area contributed by atoms with Gasteiger partial charge in [-0.25, -0.2) is 12.8 Å². The van der Waals surface area contributed by atoms with Crippen molar-refractivity contribution in [1.82, 2.24) is 4.72 Å². The highest BCUT2D eigenvalue weighted by molar-refractivity contribution is 7.90. The average molecular weight is 424 g/mol. The van der Waals surface area contributed by atoms with E-state index in [2.05, 4.69) is 15.0 Å². The van der Waals surface area contributed by atoms with Crippen LogP contribution in [-0.2, 0) is 14.8 Å². The number of carbonyl (C=O) groups excluding carboxylic acids is 1. The SMILES string of the molecule is CC(C)C[C@H](N=C1NS(=O)(=O)c2ccccc21)C(=O)Nc1ccc(F)c(Cl)c1. The standard InChI is InChI=1S/C19H19ClFN3O3S/c1-11(2)9-16(19(25)22-12-7-8-15(21)14(20)10-12)23-18-13-5-3-4-6-17(13)28(26,27)24-18/h3-8,10-11,16H,9H2,1-2H3,(H,22,25)(H,23,24)/t16-/m0/s1. The number of hydrogen-bond acceptors (Lipinski definition) is 4. The van der Waals surface area contributed by atoms with E-state index in [1.165, 1.54) is 18.2 Å². The summed E-state index contributed by atoms with van der Waals surface area (Å²) in [5.74, 6) is -0.762. The lowest BCUT2D eigenvalue weighted by atomic mass is 10.0. The van der Waals surface area contributed by atoms with E-state index in [0.717, 1.165) is 6.07 Å². The lowest BCUT2D eigenvalue weighted by molar-refractivity contribution is -0.117. The molecule has 2 aromatic carbocycles. The van der Waals surface area contributed by atoms with Crippen LogP contribution in [0.2, 0.25) is 5.02 Å². The number of benzene rings is 2. The molecular formula is C19H19ClFN3O3S. The van der Waals surface area contributed by atoms with Crippen molar-refractivity contribution in [2.24, 2.45) is 10.9 Å². The van der Waals surface area contributed by atoms with Crippen molar-refractivity contribution < 1.29 is 17.6 Å². The number of amides is 1. The van der Waals surface area contributed by atoms with Crippen molar-refractivity contribution in [3.05, 3.63) is 58.9 Å². The van der Waals surface area contributed by atoms with Gasteiger partial charge >= 0.3 is 0 Å². The molecule has 0 aliphatic carbocycles. The van der Waals surface area contributed by atoms with Gasteiger partial charge in [-0.2, -0.15) is 0 Å². The molecule has 1 amide bonds. The van der Waals surface area contributed by atoms with Crippen LogP contribution < -0.4 is 10.0 Å². The lowest BCUT2D eigenvalue weighted by Crippen LogP contribution is -2.31. The van der Waals surface area contributed by atoms with Gasteiger partial charge in [0, 0.05) is 11.3 Å². The van der Waals surface area contributed by atoms with Gasteiger partial charge in [-0.15, -0.1) is 0 Å². The van der Waals surface area contributed by atoms with Gasteiger partial charge in [-0.1, -0.05) is 37.6 Å². The molecule has 6 nitrogen and oxygen atoms in total. The molecule has 1 aliphatic heterocycles. The Morgan fingerprint density at radius 2 is 1.96 bits per heavy atom. The van der Waals surface area contributed by atoms with E-state index in [-0.39, 0.29) is 21.7 Å². The molecule has 0 unspecified atom stereocenters. The topological polar surface area (TPSA) is 87.6 Å². The number of rotatable bonds is 5. The number of amidine groups is 1. The fraction of sp³-hybridized carbons (Fsp3) is 0.263. The molecule has 3 rings (SSSR count). The second kappa shape index (κ2) is 7.89. The Bertz CT molecular complexity index is 1050. The van der Waals surface area contributed by atoms with Gasteiger partial charge in [0.2, 0.25) is 5.91 Å². The van der Waals surface area contributed by atoms with Gasteiger partial charge in [0.15, 0.2) is 0 Å². The predicted octanol–water partition coefficient (Wildman–Crippen LogP) is 3.57. The minimum Gasteiger partial charge on any atom is -0.324 e. The molecule has 148 valence electrons. The summed E-state index contributed by atoms with van der Waals surface area (Å²) in [7, 11) is -3.70. The molecular weight excluding hydrogens is 405 g/mol. The molecule has 0 bridgehead atoms. The monoisotopic (exact) mass is 423 g/mol. The van der Waals surface area contributed by atoms with Crippen LogP contribution in [0.15, 0.2) is 52.4 Å². The molecule has 28 heavy (non-hydrogen) atoms. The Hall–Kier alpha value is -2.45. The highest BCUT2D eigenvalue weighted by atomic mass is 35.5. The van der Waals surface area contributed by atoms with Crippen LogP contribution in [0.1, 0.15) is 25.8 Å². The second-order valence-corrected chi connectivity index (χ2v) is 8.90. The number of anilines is 1. The number of fused-ring (bicyclic) bond motifs is 1. The first kappa shape index (κ1) is 20.3. The Kier molecular flexibility index (Phi) is 5.71. The third-order valence-electron chi connectivity index (χ3n) is 4.13. The molecule has 1 atom stereocenters. The summed E-state index contributed by atoms with van der Waals surface area (Å²) >= 11 is 5.76. The Labute approximate surface area is 167 Å². The minimum absolute atomic E-state index is 0.109. The third kappa shape index (κ3) is 4.34. The first-order valence-electron chi connectivity index (χ1n) is 8.63. The minimum atomic E-state index is -3.70. The average Bonchev–Trinajstić information content (AvgIpc) is 2.88. The smallest absolute Gasteiger partial charge is 0.263 e. The zero-order valence-corrected chi connectivity index (χ0v) is 16.8. The highest BCUT2D eigenvalue weighted by Crippen LogP contribution is 2.24. The van der Waals surface area contributed by atoms with Crippen LogP contribution in [0.3, 0.4) is 0 Å². The van der Waals surface area contributed by atoms with Gasteiger partial charge in [0.05, 0.1) is 9.92 Å². The summed E-state index contributed by atoms with van der Waals surface area (Å²) in [5, 5.41) is 2.55. The largest absolute Gasteiger partial charge is 0.324 e. The molecule has 0 radical (unpaired) electrons. The van der Waals surface area contributed by atoms with Crippen molar-refractivity contribution in [3.8, 4) is 0 Å². The first-order chi connectivity index (χ1) is 13.2. The number of hydrogen-bond donors (Lipinski definition) is 2. The Morgan fingerprint density at radius 3 is 2.64 bits per heavy atom. The molecule has 0 fully saturated rings. The van der Waals surface area contributed by atoms with Crippen LogP contribution in [0, 0.1) is 11.7 Å². The molecule has 0 aromatic heterocycles. The fourth-order valence-corrected chi connectivity index (χ4v) is 4.27. The van der Waals surface area contributed by atoms with E-state index in [4.69, 9.17) is 11.6 Å². The van der Waals surface area contributed by atoms with Crippen LogP contribution >= 0.6 is 11.6 Å². The van der Waals surface area contributed by atoms with E-state index in [0.29, 0.717) is 17.7 Å². The van der Waals surface area contributed by atoms with Crippen molar-refractivity contribution in [2.75, 3.05) is 5.32 Å². The first-order valence-corrected chi connectivity index (χ1v) is 10.5.